The molecule has 0 saturated heterocycles. The molecule has 0 fully saturated rings. The normalized spacial score (nSPS) is 12.8. The van der Waals surface area contributed by atoms with Gasteiger partial charge in [0.2, 0.25) is 0 Å². The smallest absolute Gasteiger partial charge is 0.165 e. The fraction of sp³-hybridized carbons (Fsp3) is 0.0732. The van der Waals surface area contributed by atoms with Crippen LogP contribution in [-0.2, 0) is 5.41 Å². The number of nitrogens with zero attached hydrogens (tertiary/aromatic N) is 4. The van der Waals surface area contributed by atoms with E-state index in [9.17, 15) is 0 Å². The largest absolute Gasteiger partial charge is 0.264 e. The van der Waals surface area contributed by atoms with E-state index in [0.29, 0.717) is 17.5 Å². The summed E-state index contributed by atoms with van der Waals surface area (Å²) in [6.07, 6.45) is 3.55. The third kappa shape index (κ3) is 4.72. The molecule has 0 aliphatic heterocycles. The Kier molecular flexibility index (Phi) is 6.42. The van der Waals surface area contributed by atoms with Gasteiger partial charge in [-0.2, -0.15) is 0 Å². The van der Waals surface area contributed by atoms with E-state index in [4.69, 9.17) is 15.0 Å². The molecule has 8 rings (SSSR count). The molecular weight excluding hydrogens is 548 g/mol. The van der Waals surface area contributed by atoms with Crippen LogP contribution in [0.3, 0.4) is 0 Å². The average Bonchev–Trinajstić information content (AvgIpc) is 3.35. The van der Waals surface area contributed by atoms with Gasteiger partial charge in [-0.05, 0) is 62.7 Å². The molecule has 4 heteroatoms. The third-order valence-corrected chi connectivity index (χ3v) is 8.84. The van der Waals surface area contributed by atoms with E-state index in [-0.39, 0.29) is 5.41 Å². The standard InChI is InChI=1S/C41H30N4/c1-41(2)35-18-7-6-16-34(35)37-33(17-9-19-36(37)41)28-20-22-29(23-21-28)38-43-39(45-40(44-38)32-15-10-24-42-26-32)31-14-8-13-30(25-31)27-11-4-3-5-12-27/h3-26H,1-2H3. The van der Waals surface area contributed by atoms with Gasteiger partial charge in [0.1, 0.15) is 0 Å². The van der Waals surface area contributed by atoms with E-state index in [1.54, 1.807) is 12.4 Å². The van der Waals surface area contributed by atoms with Crippen LogP contribution < -0.4 is 0 Å². The maximum atomic E-state index is 5.00. The predicted octanol–water partition coefficient (Wildman–Crippen LogP) is 9.91. The number of rotatable bonds is 5. The molecule has 1 aliphatic carbocycles. The second-order valence-corrected chi connectivity index (χ2v) is 12.0. The van der Waals surface area contributed by atoms with Crippen LogP contribution in [0.1, 0.15) is 25.0 Å². The molecule has 2 heterocycles. The molecule has 214 valence electrons. The minimum Gasteiger partial charge on any atom is -0.264 e. The van der Waals surface area contributed by atoms with Gasteiger partial charge < -0.3 is 0 Å². The highest BCUT2D eigenvalue weighted by atomic mass is 15.0. The van der Waals surface area contributed by atoms with Crippen LogP contribution in [0, 0.1) is 0 Å². The summed E-state index contributed by atoms with van der Waals surface area (Å²) in [5.41, 5.74) is 12.7. The van der Waals surface area contributed by atoms with Crippen LogP contribution in [0.4, 0.5) is 0 Å². The second-order valence-electron chi connectivity index (χ2n) is 12.0. The highest BCUT2D eigenvalue weighted by Gasteiger charge is 2.36. The molecule has 4 nitrogen and oxygen atoms in total. The molecule has 0 unspecified atom stereocenters. The minimum atomic E-state index is -0.0380. The Hall–Kier alpha value is -5.74. The first kappa shape index (κ1) is 26.9. The van der Waals surface area contributed by atoms with Crippen molar-refractivity contribution in [1.82, 2.24) is 19.9 Å². The van der Waals surface area contributed by atoms with Crippen molar-refractivity contribution in [2.75, 3.05) is 0 Å². The third-order valence-electron chi connectivity index (χ3n) is 8.84. The Morgan fingerprint density at radius 2 is 1.00 bits per heavy atom. The van der Waals surface area contributed by atoms with Crippen molar-refractivity contribution in [1.29, 1.82) is 0 Å². The van der Waals surface area contributed by atoms with Crippen LogP contribution >= 0.6 is 0 Å². The number of benzene rings is 5. The number of fused-ring (bicyclic) bond motifs is 3. The summed E-state index contributed by atoms with van der Waals surface area (Å²) in [4.78, 5) is 19.2. The van der Waals surface area contributed by atoms with Gasteiger partial charge in [0.25, 0.3) is 0 Å². The SMILES string of the molecule is CC1(C)c2ccccc2-c2c(-c3ccc(-c4nc(-c5cccnc5)nc(-c5cccc(-c6ccccc6)c5)n4)cc3)cccc21. The second kappa shape index (κ2) is 10.8. The fourth-order valence-electron chi connectivity index (χ4n) is 6.52. The highest BCUT2D eigenvalue weighted by molar-refractivity contribution is 5.92. The van der Waals surface area contributed by atoms with Gasteiger partial charge in [-0.25, -0.2) is 15.0 Å². The summed E-state index contributed by atoms with van der Waals surface area (Å²) in [5.74, 6) is 1.85. The first-order chi connectivity index (χ1) is 22.1. The van der Waals surface area contributed by atoms with Crippen molar-refractivity contribution in [3.8, 4) is 67.5 Å². The van der Waals surface area contributed by atoms with Gasteiger partial charge in [0, 0.05) is 34.5 Å². The summed E-state index contributed by atoms with van der Waals surface area (Å²) in [6, 6.07) is 46.7. The van der Waals surface area contributed by atoms with Gasteiger partial charge in [-0.3, -0.25) is 4.98 Å². The number of pyridine rings is 1. The number of aromatic nitrogens is 4. The molecule has 0 spiro atoms. The predicted molar refractivity (Wildman–Crippen MR) is 182 cm³/mol. The Bertz CT molecular complexity index is 2170. The minimum absolute atomic E-state index is 0.0380. The fourth-order valence-corrected chi connectivity index (χ4v) is 6.52. The molecule has 0 N–H and O–H groups in total. The topological polar surface area (TPSA) is 51.6 Å². The lowest BCUT2D eigenvalue weighted by molar-refractivity contribution is 0.660. The molecule has 0 radical (unpaired) electrons. The maximum absolute atomic E-state index is 5.00. The van der Waals surface area contributed by atoms with E-state index < -0.39 is 0 Å². The van der Waals surface area contributed by atoms with E-state index >= 15 is 0 Å². The Morgan fingerprint density at radius 3 is 1.78 bits per heavy atom. The molecular formula is C41H30N4. The summed E-state index contributed by atoms with van der Waals surface area (Å²) in [7, 11) is 0. The summed E-state index contributed by atoms with van der Waals surface area (Å²) < 4.78 is 0. The monoisotopic (exact) mass is 578 g/mol. The van der Waals surface area contributed by atoms with Crippen LogP contribution in [0.15, 0.2) is 146 Å². The van der Waals surface area contributed by atoms with Crippen LogP contribution in [0.2, 0.25) is 0 Å². The molecule has 7 aromatic rings. The lowest BCUT2D eigenvalue weighted by Crippen LogP contribution is -2.14. The van der Waals surface area contributed by atoms with Crippen molar-refractivity contribution < 1.29 is 0 Å². The highest BCUT2D eigenvalue weighted by Crippen LogP contribution is 2.51. The average molecular weight is 579 g/mol. The zero-order valence-corrected chi connectivity index (χ0v) is 25.1. The Labute approximate surface area is 263 Å². The van der Waals surface area contributed by atoms with E-state index in [1.807, 2.05) is 18.2 Å². The van der Waals surface area contributed by atoms with Crippen molar-refractivity contribution in [2.45, 2.75) is 19.3 Å². The van der Waals surface area contributed by atoms with Gasteiger partial charge in [0.05, 0.1) is 0 Å². The lowest BCUT2D eigenvalue weighted by atomic mass is 9.82. The van der Waals surface area contributed by atoms with Crippen molar-refractivity contribution in [3.63, 3.8) is 0 Å². The van der Waals surface area contributed by atoms with Gasteiger partial charge in [-0.1, -0.05) is 129 Å². The van der Waals surface area contributed by atoms with Gasteiger partial charge >= 0.3 is 0 Å². The molecule has 2 aromatic heterocycles. The van der Waals surface area contributed by atoms with E-state index in [2.05, 4.69) is 134 Å². The summed E-state index contributed by atoms with van der Waals surface area (Å²) in [5, 5.41) is 0. The quantitative estimate of drug-likeness (QED) is 0.204. The van der Waals surface area contributed by atoms with Crippen molar-refractivity contribution in [2.24, 2.45) is 0 Å². The lowest BCUT2D eigenvalue weighted by Gasteiger charge is -2.21. The van der Waals surface area contributed by atoms with Gasteiger partial charge in [0.15, 0.2) is 17.5 Å². The Morgan fingerprint density at radius 1 is 0.422 bits per heavy atom. The van der Waals surface area contributed by atoms with Crippen molar-refractivity contribution in [3.05, 3.63) is 157 Å². The van der Waals surface area contributed by atoms with Crippen LogP contribution in [0.25, 0.3) is 67.5 Å². The van der Waals surface area contributed by atoms with Gasteiger partial charge in [-0.15, -0.1) is 0 Å². The molecule has 0 amide bonds. The van der Waals surface area contributed by atoms with E-state index in [0.717, 1.165) is 27.8 Å². The molecule has 0 bridgehead atoms. The molecule has 0 atom stereocenters. The van der Waals surface area contributed by atoms with E-state index in [1.165, 1.54) is 33.4 Å². The first-order valence-electron chi connectivity index (χ1n) is 15.2. The first-order valence-corrected chi connectivity index (χ1v) is 15.2. The number of hydrogen-bond acceptors (Lipinski definition) is 4. The van der Waals surface area contributed by atoms with Crippen LogP contribution in [0.5, 0.6) is 0 Å². The molecule has 0 saturated carbocycles. The zero-order valence-electron chi connectivity index (χ0n) is 25.1. The molecule has 1 aliphatic rings. The van der Waals surface area contributed by atoms with Crippen molar-refractivity contribution >= 4 is 0 Å². The Balaban J connectivity index is 1.22. The van der Waals surface area contributed by atoms with Crippen LogP contribution in [-0.4, -0.2) is 19.9 Å². The summed E-state index contributed by atoms with van der Waals surface area (Å²) >= 11 is 0. The molecule has 45 heavy (non-hydrogen) atoms. The summed E-state index contributed by atoms with van der Waals surface area (Å²) in [6.45, 7) is 4.64. The maximum Gasteiger partial charge on any atom is 0.165 e. The molecule has 5 aromatic carbocycles. The zero-order chi connectivity index (χ0) is 30.4. The number of hydrogen-bond donors (Lipinski definition) is 0.